The van der Waals surface area contributed by atoms with Gasteiger partial charge in [0.1, 0.15) is 0 Å². The van der Waals surface area contributed by atoms with Crippen molar-refractivity contribution in [2.24, 2.45) is 0 Å². The van der Waals surface area contributed by atoms with E-state index in [9.17, 15) is 0 Å². The quantitative estimate of drug-likeness (QED) is 0.895. The van der Waals surface area contributed by atoms with Crippen molar-refractivity contribution >= 4 is 17.3 Å². The number of nitrogens with one attached hydrogen (secondary N) is 1. The van der Waals surface area contributed by atoms with Gasteiger partial charge in [-0.3, -0.25) is 0 Å². The van der Waals surface area contributed by atoms with Crippen molar-refractivity contribution in [2.75, 3.05) is 18.0 Å². The molecule has 1 aliphatic heterocycles. The molecule has 2 rings (SSSR count). The summed E-state index contributed by atoms with van der Waals surface area (Å²) in [7, 11) is 0. The van der Waals surface area contributed by atoms with Crippen LogP contribution in [0.4, 0.5) is 5.69 Å². The molecule has 3 heteroatoms. The number of anilines is 1. The minimum absolute atomic E-state index is 0.113. The van der Waals surface area contributed by atoms with Crippen molar-refractivity contribution in [3.05, 3.63) is 28.8 Å². The van der Waals surface area contributed by atoms with Gasteiger partial charge in [0, 0.05) is 41.4 Å². The second-order valence-electron chi connectivity index (χ2n) is 6.04. The van der Waals surface area contributed by atoms with Gasteiger partial charge in [-0.25, -0.2) is 0 Å². The number of benzene rings is 1. The van der Waals surface area contributed by atoms with Crippen LogP contribution in [-0.4, -0.2) is 18.6 Å². The fourth-order valence-electron chi connectivity index (χ4n) is 2.33. The standard InChI is InChI=1S/C15H23ClN2/c1-15(2,3)17-11-12-13(16)7-6-8-14(12)18-9-4-5-10-18/h6-8,17H,4-5,9-11H2,1-3H3. The third-order valence-corrected chi connectivity index (χ3v) is 3.69. The van der Waals surface area contributed by atoms with E-state index < -0.39 is 0 Å². The van der Waals surface area contributed by atoms with E-state index in [1.807, 2.05) is 6.07 Å². The molecule has 0 aromatic heterocycles. The monoisotopic (exact) mass is 266 g/mol. The van der Waals surface area contributed by atoms with Crippen molar-refractivity contribution in [2.45, 2.75) is 45.7 Å². The molecule has 1 saturated heterocycles. The number of nitrogens with zero attached hydrogens (tertiary/aromatic N) is 1. The molecule has 1 aromatic rings. The Morgan fingerprint density at radius 1 is 1.22 bits per heavy atom. The molecule has 1 heterocycles. The predicted octanol–water partition coefficient (Wildman–Crippen LogP) is 3.83. The van der Waals surface area contributed by atoms with Crippen LogP contribution >= 0.6 is 11.6 Å². The average molecular weight is 267 g/mol. The van der Waals surface area contributed by atoms with Gasteiger partial charge in [0.25, 0.3) is 0 Å². The van der Waals surface area contributed by atoms with Gasteiger partial charge in [0.15, 0.2) is 0 Å². The zero-order valence-corrected chi connectivity index (χ0v) is 12.3. The molecule has 18 heavy (non-hydrogen) atoms. The third-order valence-electron chi connectivity index (χ3n) is 3.34. The van der Waals surface area contributed by atoms with Gasteiger partial charge >= 0.3 is 0 Å². The first-order valence-corrected chi connectivity index (χ1v) is 7.12. The Hall–Kier alpha value is -0.730. The largest absolute Gasteiger partial charge is 0.371 e. The second kappa shape index (κ2) is 5.50. The number of rotatable bonds is 3. The van der Waals surface area contributed by atoms with Crippen LogP contribution in [0, 0.1) is 0 Å². The molecule has 0 aliphatic carbocycles. The van der Waals surface area contributed by atoms with Gasteiger partial charge in [-0.05, 0) is 45.7 Å². The van der Waals surface area contributed by atoms with E-state index in [4.69, 9.17) is 11.6 Å². The average Bonchev–Trinajstić information content (AvgIpc) is 2.79. The van der Waals surface area contributed by atoms with Crippen LogP contribution in [0.3, 0.4) is 0 Å². The lowest BCUT2D eigenvalue weighted by Crippen LogP contribution is -2.35. The highest BCUT2D eigenvalue weighted by Crippen LogP contribution is 2.30. The zero-order chi connectivity index (χ0) is 13.2. The highest BCUT2D eigenvalue weighted by molar-refractivity contribution is 6.31. The maximum Gasteiger partial charge on any atom is 0.0471 e. The van der Waals surface area contributed by atoms with Crippen LogP contribution in [0.5, 0.6) is 0 Å². The van der Waals surface area contributed by atoms with Crippen LogP contribution in [-0.2, 0) is 6.54 Å². The summed E-state index contributed by atoms with van der Waals surface area (Å²) >= 11 is 6.37. The summed E-state index contributed by atoms with van der Waals surface area (Å²) in [6.45, 7) is 9.68. The fourth-order valence-corrected chi connectivity index (χ4v) is 2.57. The van der Waals surface area contributed by atoms with Gasteiger partial charge in [-0.2, -0.15) is 0 Å². The van der Waals surface area contributed by atoms with Gasteiger partial charge in [0.2, 0.25) is 0 Å². The Kier molecular flexibility index (Phi) is 4.18. The minimum Gasteiger partial charge on any atom is -0.371 e. The lowest BCUT2D eigenvalue weighted by Gasteiger charge is -2.26. The lowest BCUT2D eigenvalue weighted by atomic mass is 10.1. The summed E-state index contributed by atoms with van der Waals surface area (Å²) in [5.41, 5.74) is 2.65. The van der Waals surface area contributed by atoms with Gasteiger partial charge in [-0.1, -0.05) is 17.7 Å². The first-order chi connectivity index (χ1) is 8.47. The summed E-state index contributed by atoms with van der Waals surface area (Å²) in [6.07, 6.45) is 2.58. The van der Waals surface area contributed by atoms with Crippen LogP contribution in [0.15, 0.2) is 18.2 Å². The van der Waals surface area contributed by atoms with Crippen LogP contribution in [0.1, 0.15) is 39.2 Å². The molecule has 2 nitrogen and oxygen atoms in total. The summed E-state index contributed by atoms with van der Waals surface area (Å²) in [5, 5.41) is 4.40. The van der Waals surface area contributed by atoms with Gasteiger partial charge in [0.05, 0.1) is 0 Å². The molecular formula is C15H23ClN2. The van der Waals surface area contributed by atoms with Gasteiger partial charge < -0.3 is 10.2 Å². The van der Waals surface area contributed by atoms with Crippen molar-refractivity contribution in [3.63, 3.8) is 0 Å². The SMILES string of the molecule is CC(C)(C)NCc1c(Cl)cccc1N1CCCC1. The number of hydrogen-bond donors (Lipinski definition) is 1. The number of hydrogen-bond acceptors (Lipinski definition) is 2. The van der Waals surface area contributed by atoms with Crippen molar-refractivity contribution in [1.82, 2.24) is 5.32 Å². The molecule has 0 unspecified atom stereocenters. The van der Waals surface area contributed by atoms with E-state index >= 15 is 0 Å². The predicted molar refractivity (Wildman–Crippen MR) is 79.5 cm³/mol. The molecule has 0 spiro atoms. The molecular weight excluding hydrogens is 244 g/mol. The molecule has 0 amide bonds. The molecule has 100 valence electrons. The Balaban J connectivity index is 2.21. The highest BCUT2D eigenvalue weighted by atomic mass is 35.5. The summed E-state index contributed by atoms with van der Waals surface area (Å²) in [6, 6.07) is 6.23. The summed E-state index contributed by atoms with van der Waals surface area (Å²) in [5.74, 6) is 0. The minimum atomic E-state index is 0.113. The third kappa shape index (κ3) is 3.39. The Morgan fingerprint density at radius 2 is 1.89 bits per heavy atom. The second-order valence-corrected chi connectivity index (χ2v) is 6.44. The normalized spacial score (nSPS) is 16.3. The number of halogens is 1. The fraction of sp³-hybridized carbons (Fsp3) is 0.600. The molecule has 0 radical (unpaired) electrons. The summed E-state index contributed by atoms with van der Waals surface area (Å²) < 4.78 is 0. The molecule has 1 N–H and O–H groups in total. The van der Waals surface area contributed by atoms with Crippen molar-refractivity contribution < 1.29 is 0 Å². The molecule has 0 atom stereocenters. The van der Waals surface area contributed by atoms with Crippen LogP contribution < -0.4 is 10.2 Å². The zero-order valence-electron chi connectivity index (χ0n) is 11.6. The van der Waals surface area contributed by atoms with Crippen molar-refractivity contribution in [1.29, 1.82) is 0 Å². The summed E-state index contributed by atoms with van der Waals surface area (Å²) in [4.78, 5) is 2.45. The Labute approximate surface area is 115 Å². The maximum atomic E-state index is 6.37. The topological polar surface area (TPSA) is 15.3 Å². The van der Waals surface area contributed by atoms with Crippen LogP contribution in [0.25, 0.3) is 0 Å². The molecule has 1 fully saturated rings. The molecule has 0 saturated carbocycles. The van der Waals surface area contributed by atoms with E-state index in [1.54, 1.807) is 0 Å². The molecule has 0 bridgehead atoms. The lowest BCUT2D eigenvalue weighted by molar-refractivity contribution is 0.424. The van der Waals surface area contributed by atoms with Crippen molar-refractivity contribution in [3.8, 4) is 0 Å². The Bertz CT molecular complexity index is 403. The Morgan fingerprint density at radius 3 is 2.50 bits per heavy atom. The van der Waals surface area contributed by atoms with Crippen LogP contribution in [0.2, 0.25) is 5.02 Å². The highest BCUT2D eigenvalue weighted by Gasteiger charge is 2.18. The first-order valence-electron chi connectivity index (χ1n) is 6.75. The maximum absolute atomic E-state index is 6.37. The van der Waals surface area contributed by atoms with E-state index in [0.29, 0.717) is 0 Å². The van der Waals surface area contributed by atoms with Gasteiger partial charge in [-0.15, -0.1) is 0 Å². The molecule has 1 aromatic carbocycles. The smallest absolute Gasteiger partial charge is 0.0471 e. The van der Waals surface area contributed by atoms with E-state index in [0.717, 1.165) is 24.7 Å². The van der Waals surface area contributed by atoms with E-state index in [1.165, 1.54) is 24.1 Å². The molecule has 1 aliphatic rings. The van der Waals surface area contributed by atoms with E-state index in [-0.39, 0.29) is 5.54 Å². The van der Waals surface area contributed by atoms with E-state index in [2.05, 4.69) is 43.1 Å². The first kappa shape index (κ1) is 13.7.